The lowest BCUT2D eigenvalue weighted by atomic mass is 10.0. The fourth-order valence-electron chi connectivity index (χ4n) is 2.59. The maximum atomic E-state index is 14.5. The Balaban J connectivity index is 2.21. The topological polar surface area (TPSA) is 95.2 Å². The first kappa shape index (κ1) is 21.0. The normalized spacial score (nSPS) is 13.0. The number of nitrogens with zero attached hydrogens (tertiary/aromatic N) is 2. The average Bonchev–Trinajstić information content (AvgIpc) is 3.11. The molecule has 2 aromatic rings. The molecule has 0 saturated heterocycles. The van der Waals surface area contributed by atoms with Crippen LogP contribution < -0.4 is 5.32 Å². The van der Waals surface area contributed by atoms with Crippen LogP contribution in [0.5, 0.6) is 0 Å². The minimum Gasteiger partial charge on any atom is -0.345 e. The van der Waals surface area contributed by atoms with Crippen LogP contribution in [0.3, 0.4) is 0 Å². The van der Waals surface area contributed by atoms with Gasteiger partial charge in [0.15, 0.2) is 0 Å². The Morgan fingerprint density at radius 3 is 2.59 bits per heavy atom. The van der Waals surface area contributed by atoms with Crippen molar-refractivity contribution < 1.29 is 22.0 Å². The first-order chi connectivity index (χ1) is 12.6. The van der Waals surface area contributed by atoms with E-state index in [0.717, 1.165) is 22.7 Å². The number of benzene rings is 1. The van der Waals surface area contributed by atoms with E-state index >= 15 is 0 Å². The molecule has 2 N–H and O–H groups in total. The zero-order chi connectivity index (χ0) is 20.2. The molecule has 0 bridgehead atoms. The first-order valence-electron chi connectivity index (χ1n) is 8.36. The summed E-state index contributed by atoms with van der Waals surface area (Å²) >= 11 is 0. The van der Waals surface area contributed by atoms with Gasteiger partial charge in [-0.15, -0.1) is 0 Å². The van der Waals surface area contributed by atoms with Gasteiger partial charge in [0.2, 0.25) is 10.0 Å². The van der Waals surface area contributed by atoms with Crippen molar-refractivity contribution in [3.8, 4) is 0 Å². The largest absolute Gasteiger partial charge is 0.345 e. The summed E-state index contributed by atoms with van der Waals surface area (Å²) in [4.78, 5) is 12.0. The minimum atomic E-state index is -3.54. The number of carbonyl (C=O) groups is 1. The molecule has 7 nitrogen and oxygen atoms in total. The van der Waals surface area contributed by atoms with E-state index in [0.29, 0.717) is 6.42 Å². The zero-order valence-electron chi connectivity index (χ0n) is 15.3. The number of nitrogens with one attached hydrogen (secondary N) is 2. The molecule has 1 amide bonds. The Labute approximate surface area is 156 Å². The van der Waals surface area contributed by atoms with E-state index in [1.807, 2.05) is 0 Å². The summed E-state index contributed by atoms with van der Waals surface area (Å²) in [6, 6.07) is 1.16. The van der Waals surface area contributed by atoms with Crippen LogP contribution in [-0.4, -0.2) is 41.6 Å². The van der Waals surface area contributed by atoms with E-state index in [2.05, 4.69) is 15.5 Å². The van der Waals surface area contributed by atoms with Crippen molar-refractivity contribution in [2.24, 2.45) is 0 Å². The predicted octanol–water partition coefficient (Wildman–Crippen LogP) is 2.35. The third-order valence-electron chi connectivity index (χ3n) is 4.03. The molecule has 27 heavy (non-hydrogen) atoms. The number of amides is 1. The van der Waals surface area contributed by atoms with Crippen LogP contribution in [-0.2, 0) is 16.6 Å². The third kappa shape index (κ3) is 5.33. The Hall–Kier alpha value is -2.33. The molecule has 0 aliphatic heterocycles. The van der Waals surface area contributed by atoms with Crippen molar-refractivity contribution in [2.45, 2.75) is 32.9 Å². The van der Waals surface area contributed by atoms with Crippen LogP contribution in [0.1, 0.15) is 47.8 Å². The molecule has 1 aromatic carbocycles. The van der Waals surface area contributed by atoms with Crippen molar-refractivity contribution >= 4 is 15.9 Å². The molecule has 0 saturated carbocycles. The molecule has 1 aromatic heterocycles. The number of H-pyrrole nitrogens is 1. The summed E-state index contributed by atoms with van der Waals surface area (Å²) in [6.07, 6.45) is 4.27. The van der Waals surface area contributed by atoms with Crippen molar-refractivity contribution in [2.75, 3.05) is 12.8 Å². The monoisotopic (exact) mass is 400 g/mol. The maximum Gasteiger partial charge on any atom is 0.254 e. The summed E-state index contributed by atoms with van der Waals surface area (Å²) in [5.74, 6) is -1.94. The highest BCUT2D eigenvalue weighted by Gasteiger charge is 2.22. The van der Waals surface area contributed by atoms with Gasteiger partial charge < -0.3 is 5.32 Å². The van der Waals surface area contributed by atoms with E-state index in [1.165, 1.54) is 19.3 Å². The molecule has 0 aliphatic carbocycles. The molecule has 2 rings (SSSR count). The predicted molar refractivity (Wildman–Crippen MR) is 96.4 cm³/mol. The molecule has 1 unspecified atom stereocenters. The Bertz CT molecular complexity index is 901. The maximum absolute atomic E-state index is 14.5. The molecule has 0 spiro atoms. The van der Waals surface area contributed by atoms with E-state index in [-0.39, 0.29) is 29.8 Å². The zero-order valence-corrected chi connectivity index (χ0v) is 16.1. The Morgan fingerprint density at radius 1 is 1.33 bits per heavy atom. The number of sulfonamides is 1. The fraction of sp³-hybridized carbons (Fsp3) is 0.412. The number of aromatic amines is 1. The van der Waals surface area contributed by atoms with E-state index in [4.69, 9.17) is 0 Å². The lowest BCUT2D eigenvalue weighted by Gasteiger charge is -2.21. The summed E-state index contributed by atoms with van der Waals surface area (Å²) in [5, 5.41) is 8.71. The van der Waals surface area contributed by atoms with Gasteiger partial charge >= 0.3 is 0 Å². The summed E-state index contributed by atoms with van der Waals surface area (Å²) in [7, 11) is -3.54. The van der Waals surface area contributed by atoms with Crippen LogP contribution in [0.25, 0.3) is 0 Å². The van der Waals surface area contributed by atoms with E-state index in [9.17, 15) is 22.0 Å². The van der Waals surface area contributed by atoms with Crippen LogP contribution in [0, 0.1) is 11.6 Å². The lowest BCUT2D eigenvalue weighted by molar-refractivity contribution is 0.0939. The van der Waals surface area contributed by atoms with Crippen molar-refractivity contribution in [1.82, 2.24) is 19.8 Å². The summed E-state index contributed by atoms with van der Waals surface area (Å²) in [6.45, 7) is 3.27. The van der Waals surface area contributed by atoms with Gasteiger partial charge in [-0.05, 0) is 25.5 Å². The molecule has 1 heterocycles. The second kappa shape index (κ2) is 8.57. The first-order valence-corrected chi connectivity index (χ1v) is 10.2. The molecule has 0 aliphatic rings. The van der Waals surface area contributed by atoms with Crippen molar-refractivity contribution in [3.05, 3.63) is 52.9 Å². The highest BCUT2D eigenvalue weighted by Crippen LogP contribution is 2.23. The third-order valence-corrected chi connectivity index (χ3v) is 5.28. The molecule has 0 fully saturated rings. The fourth-order valence-corrected chi connectivity index (χ4v) is 3.48. The number of rotatable bonds is 8. The van der Waals surface area contributed by atoms with Gasteiger partial charge in [-0.2, -0.15) is 9.40 Å². The van der Waals surface area contributed by atoms with Crippen molar-refractivity contribution in [1.29, 1.82) is 0 Å². The van der Waals surface area contributed by atoms with Crippen LogP contribution in [0.15, 0.2) is 24.5 Å². The highest BCUT2D eigenvalue weighted by molar-refractivity contribution is 7.88. The van der Waals surface area contributed by atoms with Crippen LogP contribution in [0.4, 0.5) is 8.78 Å². The standard InChI is InChI=1S/C17H22F2N4O3S/c1-4-5-23(27(3,25)26)10-12-6-16(19)14(7-15(12)18)11(2)22-17(24)13-8-20-21-9-13/h6-9,11H,4-5,10H2,1-3H3,(H,20,21)(H,22,24). The average molecular weight is 400 g/mol. The second-order valence-corrected chi connectivity index (χ2v) is 8.23. The number of hydrogen-bond acceptors (Lipinski definition) is 4. The van der Waals surface area contributed by atoms with Gasteiger partial charge in [0.05, 0.1) is 24.1 Å². The Kier molecular flexibility index (Phi) is 6.66. The second-order valence-electron chi connectivity index (χ2n) is 6.24. The molecule has 0 radical (unpaired) electrons. The number of halogens is 2. The molecular formula is C17H22F2N4O3S. The van der Waals surface area contributed by atoms with Gasteiger partial charge in [0.25, 0.3) is 5.91 Å². The Morgan fingerprint density at radius 2 is 2.04 bits per heavy atom. The summed E-state index contributed by atoms with van der Waals surface area (Å²) < 4.78 is 53.6. The number of hydrogen-bond donors (Lipinski definition) is 2. The van der Waals surface area contributed by atoms with Crippen LogP contribution in [0.2, 0.25) is 0 Å². The molecule has 1 atom stereocenters. The number of aromatic nitrogens is 2. The van der Waals surface area contributed by atoms with Gasteiger partial charge in [-0.25, -0.2) is 17.2 Å². The number of carbonyl (C=O) groups excluding carboxylic acids is 1. The van der Waals surface area contributed by atoms with Gasteiger partial charge in [-0.1, -0.05) is 6.92 Å². The van der Waals surface area contributed by atoms with Crippen molar-refractivity contribution in [3.63, 3.8) is 0 Å². The molecule has 148 valence electrons. The quantitative estimate of drug-likeness (QED) is 0.711. The van der Waals surface area contributed by atoms with Gasteiger partial charge in [0, 0.05) is 30.4 Å². The highest BCUT2D eigenvalue weighted by atomic mass is 32.2. The molecular weight excluding hydrogens is 378 g/mol. The lowest BCUT2D eigenvalue weighted by Crippen LogP contribution is -2.31. The van der Waals surface area contributed by atoms with E-state index in [1.54, 1.807) is 6.92 Å². The van der Waals surface area contributed by atoms with Crippen LogP contribution >= 0.6 is 0 Å². The summed E-state index contributed by atoms with van der Waals surface area (Å²) in [5.41, 5.74) is 0.167. The smallest absolute Gasteiger partial charge is 0.254 e. The SMILES string of the molecule is CCCN(Cc1cc(F)c(C(C)NC(=O)c2cn[nH]c2)cc1F)S(C)(=O)=O. The van der Waals surface area contributed by atoms with Gasteiger partial charge in [-0.3, -0.25) is 9.89 Å². The molecule has 10 heteroatoms. The minimum absolute atomic E-state index is 0.0329. The van der Waals surface area contributed by atoms with E-state index < -0.39 is 33.6 Å². The van der Waals surface area contributed by atoms with Gasteiger partial charge in [0.1, 0.15) is 11.6 Å².